The van der Waals surface area contributed by atoms with Crippen molar-refractivity contribution in [2.24, 2.45) is 5.41 Å². The van der Waals surface area contributed by atoms with Crippen LogP contribution in [0, 0.1) is 19.3 Å². The highest BCUT2D eigenvalue weighted by Gasteiger charge is 2.36. The van der Waals surface area contributed by atoms with E-state index in [0.717, 1.165) is 32.2 Å². The van der Waals surface area contributed by atoms with Crippen molar-refractivity contribution in [3.05, 3.63) is 34.9 Å². The van der Waals surface area contributed by atoms with Crippen LogP contribution in [0.3, 0.4) is 0 Å². The van der Waals surface area contributed by atoms with Crippen LogP contribution in [0.1, 0.15) is 56.2 Å². The molecule has 0 aliphatic heterocycles. The van der Waals surface area contributed by atoms with E-state index in [1.165, 1.54) is 16.7 Å². The van der Waals surface area contributed by atoms with Crippen molar-refractivity contribution in [2.45, 2.75) is 65.5 Å². The number of rotatable bonds is 4. The Kier molecular flexibility index (Phi) is 4.55. The summed E-state index contributed by atoms with van der Waals surface area (Å²) in [7, 11) is 0. The van der Waals surface area contributed by atoms with Crippen LogP contribution in [-0.4, -0.2) is 17.3 Å². The third-order valence-corrected chi connectivity index (χ3v) is 4.80. The van der Waals surface area contributed by atoms with Gasteiger partial charge in [-0.2, -0.15) is 0 Å². The van der Waals surface area contributed by atoms with Crippen LogP contribution in [-0.2, 0) is 6.54 Å². The molecule has 2 N–H and O–H groups in total. The molecule has 1 aromatic carbocycles. The van der Waals surface area contributed by atoms with Gasteiger partial charge in [-0.3, -0.25) is 0 Å². The molecule has 1 fully saturated rings. The predicted octanol–water partition coefficient (Wildman–Crippen LogP) is 3.72. The Balaban J connectivity index is 1.84. The van der Waals surface area contributed by atoms with E-state index in [1.54, 1.807) is 0 Å². The van der Waals surface area contributed by atoms with E-state index in [9.17, 15) is 5.11 Å². The number of nitrogens with one attached hydrogen (secondary N) is 1. The van der Waals surface area contributed by atoms with Gasteiger partial charge in [0.1, 0.15) is 0 Å². The number of hydrogen-bond donors (Lipinski definition) is 2. The zero-order valence-electron chi connectivity index (χ0n) is 13.4. The molecule has 1 aromatic rings. The van der Waals surface area contributed by atoms with Gasteiger partial charge in [0.2, 0.25) is 0 Å². The zero-order valence-corrected chi connectivity index (χ0v) is 13.4. The van der Waals surface area contributed by atoms with Crippen molar-refractivity contribution < 1.29 is 5.11 Å². The Hall–Kier alpha value is -0.860. The van der Waals surface area contributed by atoms with Crippen LogP contribution in [0.5, 0.6) is 0 Å². The first kappa shape index (κ1) is 15.5. The lowest BCUT2D eigenvalue weighted by Crippen LogP contribution is -2.44. The molecule has 20 heavy (non-hydrogen) atoms. The van der Waals surface area contributed by atoms with Gasteiger partial charge in [-0.15, -0.1) is 0 Å². The van der Waals surface area contributed by atoms with E-state index >= 15 is 0 Å². The fraction of sp³-hybridized carbons (Fsp3) is 0.667. The first-order valence-electron chi connectivity index (χ1n) is 7.79. The van der Waals surface area contributed by atoms with E-state index in [-0.39, 0.29) is 0 Å². The second-order valence-corrected chi connectivity index (χ2v) is 7.42. The van der Waals surface area contributed by atoms with Crippen LogP contribution in [0.4, 0.5) is 0 Å². The molecular weight excluding hydrogens is 246 g/mol. The minimum Gasteiger partial charge on any atom is -0.389 e. The lowest BCUT2D eigenvalue weighted by molar-refractivity contribution is -0.0245. The largest absolute Gasteiger partial charge is 0.389 e. The van der Waals surface area contributed by atoms with Crippen LogP contribution in [0.25, 0.3) is 0 Å². The molecule has 0 bridgehead atoms. The van der Waals surface area contributed by atoms with E-state index in [4.69, 9.17) is 0 Å². The average Bonchev–Trinajstić information content (AvgIpc) is 2.37. The van der Waals surface area contributed by atoms with Gasteiger partial charge in [0.25, 0.3) is 0 Å². The van der Waals surface area contributed by atoms with Crippen LogP contribution < -0.4 is 5.32 Å². The molecule has 0 heterocycles. The maximum absolute atomic E-state index is 10.6. The highest BCUT2D eigenvalue weighted by molar-refractivity contribution is 5.30. The summed E-state index contributed by atoms with van der Waals surface area (Å²) in [5, 5.41) is 14.1. The summed E-state index contributed by atoms with van der Waals surface area (Å²) in [4.78, 5) is 0. The van der Waals surface area contributed by atoms with Crippen LogP contribution >= 0.6 is 0 Å². The molecule has 0 unspecified atom stereocenters. The molecule has 0 radical (unpaired) electrons. The van der Waals surface area contributed by atoms with Crippen LogP contribution in [0.2, 0.25) is 0 Å². The Morgan fingerprint density at radius 3 is 2.35 bits per heavy atom. The normalized spacial score (nSPS) is 20.9. The fourth-order valence-corrected chi connectivity index (χ4v) is 3.04. The second kappa shape index (κ2) is 5.87. The fourth-order valence-electron chi connectivity index (χ4n) is 3.04. The predicted molar refractivity (Wildman–Crippen MR) is 84.8 cm³/mol. The number of aliphatic hydroxyl groups is 1. The second-order valence-electron chi connectivity index (χ2n) is 7.42. The molecule has 0 atom stereocenters. The van der Waals surface area contributed by atoms with Gasteiger partial charge in [-0.25, -0.2) is 0 Å². The maximum Gasteiger partial charge on any atom is 0.0772 e. The minimum atomic E-state index is -0.506. The van der Waals surface area contributed by atoms with Crippen molar-refractivity contribution in [3.8, 4) is 0 Å². The topological polar surface area (TPSA) is 32.3 Å². The van der Waals surface area contributed by atoms with E-state index in [0.29, 0.717) is 12.0 Å². The molecule has 2 nitrogen and oxygen atoms in total. The Morgan fingerprint density at radius 1 is 1.10 bits per heavy atom. The Bertz CT molecular complexity index is 454. The summed E-state index contributed by atoms with van der Waals surface area (Å²) in [6.45, 7) is 10.4. The molecule has 0 aromatic heterocycles. The molecule has 2 heteroatoms. The number of aryl methyl sites for hydroxylation is 2. The van der Waals surface area contributed by atoms with E-state index in [2.05, 4.69) is 51.2 Å². The van der Waals surface area contributed by atoms with Gasteiger partial charge in [0.15, 0.2) is 0 Å². The van der Waals surface area contributed by atoms with Crippen molar-refractivity contribution >= 4 is 0 Å². The summed E-state index contributed by atoms with van der Waals surface area (Å²) in [5.74, 6) is 0. The highest BCUT2D eigenvalue weighted by Crippen LogP contribution is 2.39. The molecule has 0 amide bonds. The molecule has 1 aliphatic rings. The Morgan fingerprint density at radius 2 is 1.75 bits per heavy atom. The zero-order chi connectivity index (χ0) is 14.8. The summed E-state index contributed by atoms with van der Waals surface area (Å²) in [6, 6.07) is 6.56. The first-order chi connectivity index (χ1) is 9.30. The van der Waals surface area contributed by atoms with Gasteiger partial charge in [0, 0.05) is 13.1 Å². The Labute approximate surface area is 123 Å². The van der Waals surface area contributed by atoms with Crippen LogP contribution in [0.15, 0.2) is 18.2 Å². The lowest BCUT2D eigenvalue weighted by Gasteiger charge is -2.40. The molecule has 112 valence electrons. The third-order valence-electron chi connectivity index (χ3n) is 4.80. The molecule has 0 spiro atoms. The summed E-state index contributed by atoms with van der Waals surface area (Å²) < 4.78 is 0. The van der Waals surface area contributed by atoms with Gasteiger partial charge >= 0.3 is 0 Å². The van der Waals surface area contributed by atoms with Gasteiger partial charge < -0.3 is 10.4 Å². The SMILES string of the molecule is Cc1ccc(CNCC2(O)CCC(C)(C)CC2)c(C)c1. The lowest BCUT2D eigenvalue weighted by atomic mass is 9.71. The standard InChI is InChI=1S/C18H29NO/c1-14-5-6-16(15(2)11-14)12-19-13-18(20)9-7-17(3,4)8-10-18/h5-6,11,19-20H,7-10,12-13H2,1-4H3. The highest BCUT2D eigenvalue weighted by atomic mass is 16.3. The average molecular weight is 275 g/mol. The number of hydrogen-bond acceptors (Lipinski definition) is 2. The van der Waals surface area contributed by atoms with Crippen molar-refractivity contribution in [3.63, 3.8) is 0 Å². The quantitative estimate of drug-likeness (QED) is 0.877. The van der Waals surface area contributed by atoms with Gasteiger partial charge in [-0.1, -0.05) is 37.6 Å². The molecule has 1 aliphatic carbocycles. The molecule has 2 rings (SSSR count). The smallest absolute Gasteiger partial charge is 0.0772 e. The molecule has 1 saturated carbocycles. The number of benzene rings is 1. The molecular formula is C18H29NO. The monoisotopic (exact) mass is 275 g/mol. The van der Waals surface area contributed by atoms with E-state index < -0.39 is 5.60 Å². The maximum atomic E-state index is 10.6. The summed E-state index contributed by atoms with van der Waals surface area (Å²) >= 11 is 0. The van der Waals surface area contributed by atoms with Gasteiger partial charge in [-0.05, 0) is 56.1 Å². The summed E-state index contributed by atoms with van der Waals surface area (Å²) in [5.41, 5.74) is 3.86. The summed E-state index contributed by atoms with van der Waals surface area (Å²) in [6.07, 6.45) is 4.07. The minimum absolute atomic E-state index is 0.403. The first-order valence-corrected chi connectivity index (χ1v) is 7.79. The van der Waals surface area contributed by atoms with Gasteiger partial charge in [0.05, 0.1) is 5.60 Å². The van der Waals surface area contributed by atoms with Crippen molar-refractivity contribution in [1.29, 1.82) is 0 Å². The van der Waals surface area contributed by atoms with E-state index in [1.807, 2.05) is 0 Å². The van der Waals surface area contributed by atoms with Crippen molar-refractivity contribution in [2.75, 3.05) is 6.54 Å². The third kappa shape index (κ3) is 4.07. The van der Waals surface area contributed by atoms with Crippen molar-refractivity contribution in [1.82, 2.24) is 5.32 Å². The molecule has 0 saturated heterocycles.